The molecule has 0 aliphatic heterocycles. The Bertz CT molecular complexity index is 1300. The maximum Gasteiger partial charge on any atom is 0.171 e. The van der Waals surface area contributed by atoms with Crippen molar-refractivity contribution in [2.24, 2.45) is 0 Å². The van der Waals surface area contributed by atoms with Crippen molar-refractivity contribution in [1.29, 1.82) is 0 Å². The second kappa shape index (κ2) is 10.8. The Labute approximate surface area is 217 Å². The summed E-state index contributed by atoms with van der Waals surface area (Å²) in [5, 5.41) is 8.07. The number of nitrogens with one attached hydrogen (secondary N) is 1. The lowest BCUT2D eigenvalue weighted by Gasteiger charge is -2.17. The van der Waals surface area contributed by atoms with Crippen LogP contribution in [-0.4, -0.2) is 19.6 Å². The summed E-state index contributed by atoms with van der Waals surface area (Å²) in [5.74, 6) is 1.40. The maximum absolute atomic E-state index is 5.02. The summed E-state index contributed by atoms with van der Waals surface area (Å²) in [7, 11) is 0. The van der Waals surface area contributed by atoms with Crippen LogP contribution in [0, 0.1) is 0 Å². The fourth-order valence-corrected chi connectivity index (χ4v) is 5.39. The number of fused-ring (bicyclic) bond motifs is 1. The molecule has 7 heteroatoms. The van der Waals surface area contributed by atoms with E-state index in [1.807, 2.05) is 23.0 Å². The Hall–Kier alpha value is -2.51. The number of benzene rings is 1. The first kappa shape index (κ1) is 23.2. The molecule has 1 atom stereocenters. The number of rotatable bonds is 7. The lowest BCUT2D eigenvalue weighted by atomic mass is 9.94. The third kappa shape index (κ3) is 5.58. The summed E-state index contributed by atoms with van der Waals surface area (Å²) in [6.07, 6.45) is 14.7. The molecule has 1 aromatic carbocycles. The molecule has 0 saturated carbocycles. The minimum absolute atomic E-state index is 0.436. The molecule has 3 heterocycles. The van der Waals surface area contributed by atoms with Gasteiger partial charge in [0.1, 0.15) is 5.82 Å². The fraction of sp³-hybridized carbons (Fsp3) is 0.296. The van der Waals surface area contributed by atoms with E-state index in [-0.39, 0.29) is 0 Å². The van der Waals surface area contributed by atoms with Crippen LogP contribution in [0.3, 0.4) is 0 Å². The first-order valence-corrected chi connectivity index (χ1v) is 13.3. The normalized spacial score (nSPS) is 16.3. The number of aryl methyl sites for hydroxylation is 1. The Morgan fingerprint density at radius 1 is 1.00 bits per heavy atom. The Balaban J connectivity index is 1.29. The predicted molar refractivity (Wildman–Crippen MR) is 144 cm³/mol. The van der Waals surface area contributed by atoms with Gasteiger partial charge in [-0.3, -0.25) is 4.98 Å². The van der Waals surface area contributed by atoms with Crippen LogP contribution in [-0.2, 0) is 13.0 Å². The third-order valence-corrected chi connectivity index (χ3v) is 7.50. The van der Waals surface area contributed by atoms with Crippen LogP contribution < -0.4 is 5.32 Å². The quantitative estimate of drug-likeness (QED) is 0.230. The third-order valence-electron chi connectivity index (χ3n) is 6.45. The highest BCUT2D eigenvalue weighted by Crippen LogP contribution is 2.34. The zero-order valence-electron chi connectivity index (χ0n) is 18.9. The van der Waals surface area contributed by atoms with E-state index in [1.54, 1.807) is 11.8 Å². The number of allylic oxidation sites excluding steroid dienone is 2. The van der Waals surface area contributed by atoms with Crippen LogP contribution in [0.5, 0.6) is 0 Å². The SMILES string of the molecule is Brc1cccc(CCC2=CCCC(c3cc(NCc4cccnc4)n4ncc(Br)c4n3)CC2)c1. The molecule has 0 saturated heterocycles. The van der Waals surface area contributed by atoms with E-state index in [9.17, 15) is 0 Å². The molecule has 0 bridgehead atoms. The van der Waals surface area contributed by atoms with Gasteiger partial charge in [0.2, 0.25) is 0 Å². The summed E-state index contributed by atoms with van der Waals surface area (Å²) >= 11 is 7.22. The predicted octanol–water partition coefficient (Wildman–Crippen LogP) is 7.48. The van der Waals surface area contributed by atoms with Crippen molar-refractivity contribution in [3.8, 4) is 0 Å². The number of pyridine rings is 1. The van der Waals surface area contributed by atoms with E-state index in [2.05, 4.69) is 89.7 Å². The molecular formula is C27H27Br2N5. The zero-order valence-corrected chi connectivity index (χ0v) is 22.1. The molecule has 0 radical (unpaired) electrons. The number of nitrogens with zero attached hydrogens (tertiary/aromatic N) is 4. The van der Waals surface area contributed by atoms with E-state index in [4.69, 9.17) is 4.98 Å². The second-order valence-electron chi connectivity index (χ2n) is 8.81. The van der Waals surface area contributed by atoms with Crippen molar-refractivity contribution >= 4 is 43.3 Å². The second-order valence-corrected chi connectivity index (χ2v) is 10.6. The van der Waals surface area contributed by atoms with Crippen LogP contribution >= 0.6 is 31.9 Å². The standard InChI is InChI=1S/C27H27Br2N5/c28-23-8-2-5-20(14-23)10-9-19-4-1-7-22(12-11-19)25-15-26(31-17-21-6-3-13-30-16-21)34-27(33-25)24(29)18-32-34/h2-6,8,13-16,18,22,31H,1,7,9-12,17H2. The molecule has 1 aliphatic rings. The van der Waals surface area contributed by atoms with Crippen molar-refractivity contribution in [3.05, 3.63) is 98.5 Å². The average Bonchev–Trinajstić information content (AvgIpc) is 3.08. The summed E-state index contributed by atoms with van der Waals surface area (Å²) in [5.41, 5.74) is 6.10. The van der Waals surface area contributed by atoms with E-state index >= 15 is 0 Å². The van der Waals surface area contributed by atoms with Crippen LogP contribution in [0.15, 0.2) is 81.6 Å². The molecular weight excluding hydrogens is 554 g/mol. The van der Waals surface area contributed by atoms with Crippen LogP contribution in [0.2, 0.25) is 0 Å². The van der Waals surface area contributed by atoms with Gasteiger partial charge in [-0.15, -0.1) is 0 Å². The summed E-state index contributed by atoms with van der Waals surface area (Å²) in [4.78, 5) is 9.24. The van der Waals surface area contributed by atoms with Crippen molar-refractivity contribution in [2.75, 3.05) is 5.32 Å². The molecule has 1 unspecified atom stereocenters. The highest BCUT2D eigenvalue weighted by Gasteiger charge is 2.20. The van der Waals surface area contributed by atoms with Crippen molar-refractivity contribution in [1.82, 2.24) is 19.6 Å². The molecule has 3 aromatic heterocycles. The zero-order chi connectivity index (χ0) is 23.3. The van der Waals surface area contributed by atoms with E-state index in [0.29, 0.717) is 12.5 Å². The lowest BCUT2D eigenvalue weighted by Crippen LogP contribution is -2.10. The molecule has 0 fully saturated rings. The van der Waals surface area contributed by atoms with Crippen molar-refractivity contribution < 1.29 is 0 Å². The van der Waals surface area contributed by atoms with Gasteiger partial charge in [0.05, 0.1) is 10.7 Å². The first-order chi connectivity index (χ1) is 16.7. The monoisotopic (exact) mass is 579 g/mol. The minimum Gasteiger partial charge on any atom is -0.366 e. The molecule has 5 rings (SSSR count). The molecule has 34 heavy (non-hydrogen) atoms. The summed E-state index contributed by atoms with van der Waals surface area (Å²) < 4.78 is 3.95. The van der Waals surface area contributed by atoms with Gasteiger partial charge in [-0.1, -0.05) is 45.8 Å². The van der Waals surface area contributed by atoms with Gasteiger partial charge in [-0.05, 0) is 83.8 Å². The van der Waals surface area contributed by atoms with Gasteiger partial charge in [-0.25, -0.2) is 4.98 Å². The van der Waals surface area contributed by atoms with Gasteiger partial charge >= 0.3 is 0 Å². The van der Waals surface area contributed by atoms with Crippen molar-refractivity contribution in [2.45, 2.75) is 51.0 Å². The average molecular weight is 581 g/mol. The molecule has 0 spiro atoms. The van der Waals surface area contributed by atoms with Gasteiger partial charge in [0, 0.05) is 41.1 Å². The lowest BCUT2D eigenvalue weighted by molar-refractivity contribution is 0.580. The largest absolute Gasteiger partial charge is 0.366 e. The van der Waals surface area contributed by atoms with Crippen LogP contribution in [0.1, 0.15) is 54.8 Å². The maximum atomic E-state index is 5.02. The smallest absolute Gasteiger partial charge is 0.171 e. The van der Waals surface area contributed by atoms with Crippen LogP contribution in [0.4, 0.5) is 5.82 Å². The van der Waals surface area contributed by atoms with E-state index in [1.165, 1.54) is 5.56 Å². The number of halogens is 2. The molecule has 4 aromatic rings. The van der Waals surface area contributed by atoms with E-state index < -0.39 is 0 Å². The summed E-state index contributed by atoms with van der Waals surface area (Å²) in [6, 6.07) is 14.9. The molecule has 1 aliphatic carbocycles. The van der Waals surface area contributed by atoms with Gasteiger partial charge in [-0.2, -0.15) is 9.61 Å². The van der Waals surface area contributed by atoms with Gasteiger partial charge < -0.3 is 5.32 Å². The summed E-state index contributed by atoms with van der Waals surface area (Å²) in [6.45, 7) is 0.690. The van der Waals surface area contributed by atoms with Gasteiger partial charge in [0.15, 0.2) is 5.65 Å². The number of anilines is 1. The topological polar surface area (TPSA) is 55.1 Å². The van der Waals surface area contributed by atoms with Gasteiger partial charge in [0.25, 0.3) is 0 Å². The highest BCUT2D eigenvalue weighted by atomic mass is 79.9. The number of aromatic nitrogens is 4. The minimum atomic E-state index is 0.436. The molecule has 174 valence electrons. The number of hydrogen-bond donors (Lipinski definition) is 1. The Morgan fingerprint density at radius 2 is 1.91 bits per heavy atom. The Kier molecular flexibility index (Phi) is 7.40. The molecule has 0 amide bonds. The fourth-order valence-electron chi connectivity index (χ4n) is 4.60. The van der Waals surface area contributed by atoms with Crippen LogP contribution in [0.25, 0.3) is 5.65 Å². The number of hydrogen-bond acceptors (Lipinski definition) is 4. The molecule has 1 N–H and O–H groups in total. The highest BCUT2D eigenvalue weighted by molar-refractivity contribution is 9.10. The van der Waals surface area contributed by atoms with E-state index in [0.717, 1.165) is 70.2 Å². The first-order valence-electron chi connectivity index (χ1n) is 11.7. The molecule has 5 nitrogen and oxygen atoms in total. The Morgan fingerprint density at radius 3 is 2.76 bits per heavy atom. The van der Waals surface area contributed by atoms with Crippen molar-refractivity contribution in [3.63, 3.8) is 0 Å².